The number of aromatic nitrogens is 2. The van der Waals surface area contributed by atoms with E-state index in [1.807, 2.05) is 23.9 Å². The van der Waals surface area contributed by atoms with Crippen molar-refractivity contribution in [1.82, 2.24) is 15.3 Å². The minimum Gasteiger partial charge on any atom is -0.333 e. The van der Waals surface area contributed by atoms with Gasteiger partial charge >= 0.3 is 0 Å². The number of hydrogen-bond donors (Lipinski definition) is 2. The fraction of sp³-hybridized carbons (Fsp3) is 0.562. The van der Waals surface area contributed by atoms with Crippen LogP contribution < -0.4 is 5.32 Å². The van der Waals surface area contributed by atoms with Gasteiger partial charge in [-0.25, -0.2) is 4.98 Å². The lowest BCUT2D eigenvalue weighted by atomic mass is 10.1. The van der Waals surface area contributed by atoms with Crippen LogP contribution in [0.5, 0.6) is 0 Å². The molecule has 1 aromatic carbocycles. The minimum atomic E-state index is 0.744. The summed E-state index contributed by atoms with van der Waals surface area (Å²) < 4.78 is 0. The van der Waals surface area contributed by atoms with Gasteiger partial charge in [0.1, 0.15) is 0 Å². The molecule has 108 valence electrons. The molecule has 1 aliphatic rings. The van der Waals surface area contributed by atoms with Crippen molar-refractivity contribution in [3.8, 4) is 0 Å². The van der Waals surface area contributed by atoms with Gasteiger partial charge in [0.25, 0.3) is 0 Å². The highest BCUT2D eigenvalue weighted by Gasteiger charge is 2.11. The van der Waals surface area contributed by atoms with Crippen molar-refractivity contribution in [3.63, 3.8) is 0 Å². The van der Waals surface area contributed by atoms with Crippen LogP contribution in [0.2, 0.25) is 0 Å². The number of hydrogen-bond acceptors (Lipinski definition) is 3. The van der Waals surface area contributed by atoms with Gasteiger partial charge < -0.3 is 10.3 Å². The van der Waals surface area contributed by atoms with E-state index >= 15 is 0 Å². The Labute approximate surface area is 124 Å². The number of aromatic amines is 1. The number of thioether (sulfide) groups is 1. The number of benzene rings is 1. The Kier molecular flexibility index (Phi) is 4.98. The van der Waals surface area contributed by atoms with Crippen LogP contribution in [-0.2, 0) is 0 Å². The van der Waals surface area contributed by atoms with Crippen LogP contribution in [-0.4, -0.2) is 28.3 Å². The van der Waals surface area contributed by atoms with Crippen LogP contribution in [0.4, 0.5) is 0 Å². The molecule has 0 unspecified atom stereocenters. The highest BCUT2D eigenvalue weighted by Crippen LogP contribution is 2.20. The monoisotopic (exact) mass is 289 g/mol. The van der Waals surface area contributed by atoms with Gasteiger partial charge in [-0.2, -0.15) is 0 Å². The zero-order valence-corrected chi connectivity index (χ0v) is 12.7. The van der Waals surface area contributed by atoms with Crippen molar-refractivity contribution in [2.75, 3.05) is 12.3 Å². The second-order valence-electron chi connectivity index (χ2n) is 5.55. The van der Waals surface area contributed by atoms with Gasteiger partial charge in [0.15, 0.2) is 5.16 Å². The first-order valence-corrected chi connectivity index (χ1v) is 8.71. The minimum absolute atomic E-state index is 0.744. The Morgan fingerprint density at radius 2 is 1.95 bits per heavy atom. The number of fused-ring (bicyclic) bond motifs is 1. The van der Waals surface area contributed by atoms with Crippen molar-refractivity contribution in [3.05, 3.63) is 24.3 Å². The third kappa shape index (κ3) is 3.76. The number of rotatable bonds is 5. The largest absolute Gasteiger partial charge is 0.333 e. The van der Waals surface area contributed by atoms with E-state index in [0.717, 1.165) is 34.5 Å². The summed E-state index contributed by atoms with van der Waals surface area (Å²) >= 11 is 1.81. The van der Waals surface area contributed by atoms with Gasteiger partial charge in [0, 0.05) is 18.3 Å². The molecule has 20 heavy (non-hydrogen) atoms. The van der Waals surface area contributed by atoms with Gasteiger partial charge in [-0.15, -0.1) is 0 Å². The van der Waals surface area contributed by atoms with Crippen molar-refractivity contribution in [1.29, 1.82) is 0 Å². The molecule has 1 saturated carbocycles. The van der Waals surface area contributed by atoms with E-state index in [1.165, 1.54) is 38.5 Å². The standard InChI is InChI=1S/C16H23N3S/c1-2-4-8-13(7-3-1)17-11-12-20-16-18-14-9-5-6-10-15(14)19-16/h5-6,9-10,13,17H,1-4,7-8,11-12H2,(H,18,19). The Hall–Kier alpha value is -1.00. The van der Waals surface area contributed by atoms with E-state index < -0.39 is 0 Å². The first-order chi connectivity index (χ1) is 9.92. The second-order valence-corrected chi connectivity index (χ2v) is 6.63. The maximum absolute atomic E-state index is 4.59. The Morgan fingerprint density at radius 3 is 2.75 bits per heavy atom. The van der Waals surface area contributed by atoms with Crippen molar-refractivity contribution in [2.24, 2.45) is 0 Å². The molecule has 3 rings (SSSR count). The number of nitrogens with zero attached hydrogens (tertiary/aromatic N) is 1. The SMILES string of the molecule is c1ccc2[nH]c(SCCNC3CCCCCC3)nc2c1. The van der Waals surface area contributed by atoms with E-state index in [9.17, 15) is 0 Å². The van der Waals surface area contributed by atoms with Crippen LogP contribution in [0.3, 0.4) is 0 Å². The summed E-state index contributed by atoms with van der Waals surface area (Å²) in [6, 6.07) is 8.96. The highest BCUT2D eigenvalue weighted by atomic mass is 32.2. The van der Waals surface area contributed by atoms with Gasteiger partial charge in [-0.3, -0.25) is 0 Å². The smallest absolute Gasteiger partial charge is 0.166 e. The van der Waals surface area contributed by atoms with Gasteiger partial charge in [0.2, 0.25) is 0 Å². The first kappa shape index (κ1) is 14.0. The molecular weight excluding hydrogens is 266 g/mol. The highest BCUT2D eigenvalue weighted by molar-refractivity contribution is 7.99. The Morgan fingerprint density at radius 1 is 1.15 bits per heavy atom. The molecule has 4 heteroatoms. The maximum atomic E-state index is 4.59. The fourth-order valence-electron chi connectivity index (χ4n) is 2.89. The van der Waals surface area contributed by atoms with Crippen molar-refractivity contribution >= 4 is 22.8 Å². The Bertz CT molecular complexity index is 496. The molecule has 1 aliphatic carbocycles. The lowest BCUT2D eigenvalue weighted by molar-refractivity contribution is 0.474. The summed E-state index contributed by atoms with van der Waals surface area (Å²) in [5.74, 6) is 1.08. The summed E-state index contributed by atoms with van der Waals surface area (Å²) in [4.78, 5) is 7.96. The molecule has 1 fully saturated rings. The Balaban J connectivity index is 1.43. The molecule has 1 aromatic heterocycles. The molecule has 0 atom stereocenters. The van der Waals surface area contributed by atoms with Gasteiger partial charge in [-0.05, 0) is 25.0 Å². The molecule has 2 N–H and O–H groups in total. The molecule has 1 heterocycles. The molecule has 0 amide bonds. The van der Waals surface area contributed by atoms with Gasteiger partial charge in [0.05, 0.1) is 11.0 Å². The summed E-state index contributed by atoms with van der Waals surface area (Å²) in [6.07, 6.45) is 8.35. The van der Waals surface area contributed by atoms with E-state index in [-0.39, 0.29) is 0 Å². The molecule has 2 aromatic rings. The average Bonchev–Trinajstić information content (AvgIpc) is 2.70. The first-order valence-electron chi connectivity index (χ1n) is 7.73. The summed E-state index contributed by atoms with van der Waals surface area (Å²) in [5, 5.41) is 4.74. The predicted molar refractivity (Wildman–Crippen MR) is 86.3 cm³/mol. The molecule has 0 spiro atoms. The zero-order chi connectivity index (χ0) is 13.6. The van der Waals surface area contributed by atoms with Crippen LogP contribution in [0.25, 0.3) is 11.0 Å². The molecular formula is C16H23N3S. The van der Waals surface area contributed by atoms with Crippen molar-refractivity contribution in [2.45, 2.75) is 49.7 Å². The third-order valence-corrected chi connectivity index (χ3v) is 4.87. The van der Waals surface area contributed by atoms with E-state index in [1.54, 1.807) is 0 Å². The van der Waals surface area contributed by atoms with Crippen LogP contribution >= 0.6 is 11.8 Å². The van der Waals surface area contributed by atoms with Crippen LogP contribution in [0, 0.1) is 0 Å². The summed E-state index contributed by atoms with van der Waals surface area (Å²) in [6.45, 7) is 1.08. The summed E-state index contributed by atoms with van der Waals surface area (Å²) in [5.41, 5.74) is 2.19. The number of para-hydroxylation sites is 2. The topological polar surface area (TPSA) is 40.7 Å². The van der Waals surface area contributed by atoms with Crippen molar-refractivity contribution < 1.29 is 0 Å². The average molecular weight is 289 g/mol. The third-order valence-electron chi connectivity index (χ3n) is 4.00. The van der Waals surface area contributed by atoms with E-state index in [4.69, 9.17) is 0 Å². The maximum Gasteiger partial charge on any atom is 0.166 e. The molecule has 0 saturated heterocycles. The predicted octanol–water partition coefficient (Wildman–Crippen LogP) is 3.97. The zero-order valence-electron chi connectivity index (χ0n) is 11.9. The normalized spacial score (nSPS) is 17.4. The van der Waals surface area contributed by atoms with Gasteiger partial charge in [-0.1, -0.05) is 49.6 Å². The van der Waals surface area contributed by atoms with E-state index in [2.05, 4.69) is 27.4 Å². The number of imidazole rings is 1. The second kappa shape index (κ2) is 7.14. The fourth-order valence-corrected chi connectivity index (χ4v) is 3.65. The molecule has 0 aliphatic heterocycles. The number of H-pyrrole nitrogens is 1. The lowest BCUT2D eigenvalue weighted by Gasteiger charge is -2.15. The molecule has 3 nitrogen and oxygen atoms in total. The number of nitrogens with one attached hydrogen (secondary N) is 2. The van der Waals surface area contributed by atoms with Crippen LogP contribution in [0.1, 0.15) is 38.5 Å². The van der Waals surface area contributed by atoms with Crippen LogP contribution in [0.15, 0.2) is 29.4 Å². The molecule has 0 bridgehead atoms. The molecule has 0 radical (unpaired) electrons. The summed E-state index contributed by atoms with van der Waals surface area (Å²) in [7, 11) is 0. The quantitative estimate of drug-likeness (QED) is 0.497. The van der Waals surface area contributed by atoms with E-state index in [0.29, 0.717) is 0 Å². The lowest BCUT2D eigenvalue weighted by Crippen LogP contribution is -2.30.